The predicted molar refractivity (Wildman–Crippen MR) is 60.4 cm³/mol. The van der Waals surface area contributed by atoms with Gasteiger partial charge in [0.2, 0.25) is 0 Å². The van der Waals surface area contributed by atoms with Gasteiger partial charge in [-0.3, -0.25) is 0 Å². The zero-order valence-electron chi connectivity index (χ0n) is 8.79. The molecule has 13 heavy (non-hydrogen) atoms. The zero-order chi connectivity index (χ0) is 9.78. The molecule has 1 heteroatoms. The van der Waals surface area contributed by atoms with Gasteiger partial charge in [0.1, 0.15) is 0 Å². The normalized spacial score (nSPS) is 12.8. The highest BCUT2D eigenvalue weighted by Crippen LogP contribution is 1.95. The van der Waals surface area contributed by atoms with Gasteiger partial charge in [-0.15, -0.1) is 0 Å². The molecule has 0 atom stereocenters. The molecular weight excluding hydrogens is 158 g/mol. The molecule has 74 valence electrons. The van der Waals surface area contributed by atoms with Gasteiger partial charge >= 0.3 is 0 Å². The minimum absolute atomic E-state index is 1.36. The fourth-order valence-electron chi connectivity index (χ4n) is 0.906. The topological polar surface area (TPSA) is 12.0 Å². The van der Waals surface area contributed by atoms with Gasteiger partial charge in [-0.05, 0) is 12.2 Å². The Morgan fingerprint density at radius 2 is 1.23 bits per heavy atom. The maximum Gasteiger partial charge on any atom is 0.000442 e. The number of nitrogens with one attached hydrogen (secondary N) is 1. The van der Waals surface area contributed by atoms with Crippen LogP contribution in [0.1, 0.15) is 39.5 Å². The van der Waals surface area contributed by atoms with Crippen molar-refractivity contribution in [2.75, 3.05) is 0 Å². The summed E-state index contributed by atoms with van der Waals surface area (Å²) < 4.78 is 0. The summed E-state index contributed by atoms with van der Waals surface area (Å²) >= 11 is 0. The fourth-order valence-corrected chi connectivity index (χ4v) is 0.906. The summed E-state index contributed by atoms with van der Waals surface area (Å²) in [5.41, 5.74) is 0. The Labute approximate surface area is 82.2 Å². The van der Waals surface area contributed by atoms with E-state index in [2.05, 4.69) is 19.2 Å². The molecule has 0 spiro atoms. The predicted octanol–water partition coefficient (Wildman–Crippen LogP) is 3.76. The summed E-state index contributed by atoms with van der Waals surface area (Å²) in [6.07, 6.45) is 17.1. The third-order valence-electron chi connectivity index (χ3n) is 1.68. The van der Waals surface area contributed by atoms with Gasteiger partial charge in [-0.1, -0.05) is 51.7 Å². The van der Waals surface area contributed by atoms with Crippen molar-refractivity contribution >= 4 is 0 Å². The quantitative estimate of drug-likeness (QED) is 0.650. The van der Waals surface area contributed by atoms with Crippen molar-refractivity contribution in [3.05, 3.63) is 36.7 Å². The van der Waals surface area contributed by atoms with E-state index in [1.54, 1.807) is 0 Å². The largest absolute Gasteiger partial charge is 0.368 e. The van der Waals surface area contributed by atoms with Crippen LogP contribution in [0.15, 0.2) is 36.7 Å². The molecule has 0 aromatic rings. The standard InChI is InChI=1S/C6H7N.C6H14/c1-2-4-6-7-5-3-1;1-3-5-6-4-2/h1-7H;3-6H2,1-2H3. The van der Waals surface area contributed by atoms with Gasteiger partial charge in [0.25, 0.3) is 0 Å². The Kier molecular flexibility index (Phi) is 10.2. The van der Waals surface area contributed by atoms with Crippen LogP contribution in [0.2, 0.25) is 0 Å². The lowest BCUT2D eigenvalue weighted by Gasteiger charge is -1.86. The van der Waals surface area contributed by atoms with Crippen molar-refractivity contribution in [3.8, 4) is 0 Å². The van der Waals surface area contributed by atoms with Gasteiger partial charge in [-0.2, -0.15) is 0 Å². The summed E-state index contributed by atoms with van der Waals surface area (Å²) in [5, 5.41) is 2.92. The first-order chi connectivity index (χ1) is 6.41. The van der Waals surface area contributed by atoms with Crippen molar-refractivity contribution in [1.29, 1.82) is 0 Å². The lowest BCUT2D eigenvalue weighted by Crippen LogP contribution is -1.87. The summed E-state index contributed by atoms with van der Waals surface area (Å²) in [5.74, 6) is 0. The van der Waals surface area contributed by atoms with Crippen LogP contribution in [0.25, 0.3) is 0 Å². The monoisotopic (exact) mass is 179 g/mol. The lowest BCUT2D eigenvalue weighted by atomic mass is 10.2. The molecule has 0 aliphatic carbocycles. The molecule has 0 bridgehead atoms. The van der Waals surface area contributed by atoms with E-state index in [0.717, 1.165) is 0 Å². The first-order valence-electron chi connectivity index (χ1n) is 5.16. The van der Waals surface area contributed by atoms with E-state index in [9.17, 15) is 0 Å². The molecule has 0 saturated carbocycles. The molecule has 1 aliphatic rings. The number of rotatable bonds is 3. The van der Waals surface area contributed by atoms with E-state index in [4.69, 9.17) is 0 Å². The highest BCUT2D eigenvalue weighted by molar-refractivity contribution is 5.14. The highest BCUT2D eigenvalue weighted by atomic mass is 14.8. The third-order valence-corrected chi connectivity index (χ3v) is 1.68. The average Bonchev–Trinajstić information content (AvgIpc) is 2.47. The molecule has 1 rings (SSSR count). The van der Waals surface area contributed by atoms with E-state index < -0.39 is 0 Å². The van der Waals surface area contributed by atoms with Gasteiger partial charge in [0.15, 0.2) is 0 Å². The molecule has 1 heterocycles. The highest BCUT2D eigenvalue weighted by Gasteiger charge is 1.75. The first-order valence-corrected chi connectivity index (χ1v) is 5.16. The lowest BCUT2D eigenvalue weighted by molar-refractivity contribution is 0.702. The molecule has 0 amide bonds. The third kappa shape index (κ3) is 11.0. The molecule has 0 radical (unpaired) electrons. The number of unbranched alkanes of at least 4 members (excludes halogenated alkanes) is 3. The van der Waals surface area contributed by atoms with Crippen LogP contribution >= 0.6 is 0 Å². The van der Waals surface area contributed by atoms with Gasteiger partial charge in [0.05, 0.1) is 0 Å². The number of allylic oxidation sites excluding steroid dienone is 4. The van der Waals surface area contributed by atoms with Crippen LogP contribution in [0.3, 0.4) is 0 Å². The van der Waals surface area contributed by atoms with Crippen molar-refractivity contribution in [2.24, 2.45) is 0 Å². The Balaban J connectivity index is 0.000000226. The molecule has 0 aromatic heterocycles. The van der Waals surface area contributed by atoms with E-state index in [1.807, 2.05) is 36.7 Å². The molecule has 1 aliphatic heterocycles. The van der Waals surface area contributed by atoms with Gasteiger partial charge < -0.3 is 5.32 Å². The van der Waals surface area contributed by atoms with Gasteiger partial charge in [0, 0.05) is 12.4 Å². The van der Waals surface area contributed by atoms with Crippen LogP contribution < -0.4 is 5.32 Å². The number of hydrogen-bond donors (Lipinski definition) is 1. The van der Waals surface area contributed by atoms with E-state index in [0.29, 0.717) is 0 Å². The minimum atomic E-state index is 1.36. The molecule has 0 aromatic carbocycles. The Hall–Kier alpha value is -0.980. The molecule has 0 saturated heterocycles. The van der Waals surface area contributed by atoms with Crippen LogP contribution in [0.5, 0.6) is 0 Å². The second-order valence-electron chi connectivity index (χ2n) is 2.98. The average molecular weight is 179 g/mol. The van der Waals surface area contributed by atoms with Crippen molar-refractivity contribution in [2.45, 2.75) is 39.5 Å². The van der Waals surface area contributed by atoms with Crippen molar-refractivity contribution in [3.63, 3.8) is 0 Å². The Morgan fingerprint density at radius 3 is 1.62 bits per heavy atom. The maximum absolute atomic E-state index is 2.92. The first kappa shape index (κ1) is 12.0. The SMILES string of the molecule is C1=CC=CNC=C1.CCCCCC. The smallest absolute Gasteiger partial charge is 0.000442 e. The summed E-state index contributed by atoms with van der Waals surface area (Å²) in [6, 6.07) is 0. The Morgan fingerprint density at radius 1 is 0.769 bits per heavy atom. The molecule has 1 nitrogen and oxygen atoms in total. The van der Waals surface area contributed by atoms with Crippen molar-refractivity contribution < 1.29 is 0 Å². The van der Waals surface area contributed by atoms with Crippen LogP contribution in [0, 0.1) is 0 Å². The van der Waals surface area contributed by atoms with E-state index in [1.165, 1.54) is 25.7 Å². The maximum atomic E-state index is 2.92. The fraction of sp³-hybridized carbons (Fsp3) is 0.500. The summed E-state index contributed by atoms with van der Waals surface area (Å²) in [4.78, 5) is 0. The van der Waals surface area contributed by atoms with E-state index >= 15 is 0 Å². The summed E-state index contributed by atoms with van der Waals surface area (Å²) in [6.45, 7) is 4.46. The Bertz CT molecular complexity index is 148. The minimum Gasteiger partial charge on any atom is -0.368 e. The second-order valence-corrected chi connectivity index (χ2v) is 2.98. The molecule has 0 fully saturated rings. The second kappa shape index (κ2) is 11.0. The molecule has 0 unspecified atom stereocenters. The van der Waals surface area contributed by atoms with Gasteiger partial charge in [-0.25, -0.2) is 0 Å². The van der Waals surface area contributed by atoms with Crippen LogP contribution in [-0.2, 0) is 0 Å². The van der Waals surface area contributed by atoms with Crippen LogP contribution in [-0.4, -0.2) is 0 Å². The summed E-state index contributed by atoms with van der Waals surface area (Å²) in [7, 11) is 0. The van der Waals surface area contributed by atoms with Crippen LogP contribution in [0.4, 0.5) is 0 Å². The van der Waals surface area contributed by atoms with Crippen molar-refractivity contribution in [1.82, 2.24) is 5.32 Å². The number of hydrogen-bond acceptors (Lipinski definition) is 1. The zero-order valence-corrected chi connectivity index (χ0v) is 8.79. The molecular formula is C12H21N. The molecule has 1 N–H and O–H groups in total. The van der Waals surface area contributed by atoms with E-state index in [-0.39, 0.29) is 0 Å².